The van der Waals surface area contributed by atoms with Gasteiger partial charge >= 0.3 is 0 Å². The van der Waals surface area contributed by atoms with E-state index in [0.29, 0.717) is 0 Å². The first-order valence-corrected chi connectivity index (χ1v) is 7.40. The van der Waals surface area contributed by atoms with Gasteiger partial charge < -0.3 is 5.32 Å². The van der Waals surface area contributed by atoms with Crippen LogP contribution in [-0.2, 0) is 25.8 Å². The molecule has 0 amide bonds. The number of rotatable bonds is 3. The molecule has 0 bridgehead atoms. The van der Waals surface area contributed by atoms with E-state index < -0.39 is 0 Å². The normalized spacial score (nSPS) is 14.1. The van der Waals surface area contributed by atoms with E-state index in [0.717, 1.165) is 38.2 Å². The second-order valence-electron chi connectivity index (χ2n) is 5.46. The molecule has 0 atom stereocenters. The largest absolute Gasteiger partial charge is 0.311 e. The summed E-state index contributed by atoms with van der Waals surface area (Å²) in [6, 6.07) is 8.59. The van der Waals surface area contributed by atoms with Gasteiger partial charge in [-0.1, -0.05) is 36.8 Å². The predicted octanol–water partition coefficient (Wildman–Crippen LogP) is 2.58. The van der Waals surface area contributed by atoms with Crippen molar-refractivity contribution < 1.29 is 0 Å². The summed E-state index contributed by atoms with van der Waals surface area (Å²) in [5.74, 6) is 0.954. The van der Waals surface area contributed by atoms with Crippen LogP contribution in [0.5, 0.6) is 0 Å². The van der Waals surface area contributed by atoms with Gasteiger partial charge in [-0.3, -0.25) is 0 Å². The molecule has 20 heavy (non-hydrogen) atoms. The molecule has 0 saturated heterocycles. The number of nitrogens with zero attached hydrogens (tertiary/aromatic N) is 2. The Balaban J connectivity index is 1.94. The van der Waals surface area contributed by atoms with Crippen LogP contribution in [0.2, 0.25) is 0 Å². The van der Waals surface area contributed by atoms with Gasteiger partial charge in [0.05, 0.1) is 5.69 Å². The van der Waals surface area contributed by atoms with Crippen molar-refractivity contribution in [2.45, 2.75) is 39.7 Å². The number of fused-ring (bicyclic) bond motifs is 1. The van der Waals surface area contributed by atoms with Crippen LogP contribution in [0, 0.1) is 6.92 Å². The smallest absolute Gasteiger partial charge is 0.133 e. The lowest BCUT2D eigenvalue weighted by Crippen LogP contribution is -2.27. The number of hydrogen-bond donors (Lipinski definition) is 1. The molecule has 0 aliphatic carbocycles. The second-order valence-corrected chi connectivity index (χ2v) is 5.46. The van der Waals surface area contributed by atoms with Gasteiger partial charge in [0, 0.05) is 18.7 Å². The molecule has 104 valence electrons. The Morgan fingerprint density at radius 3 is 2.95 bits per heavy atom. The first kappa shape index (κ1) is 13.3. The molecular weight excluding hydrogens is 246 g/mol. The molecule has 3 nitrogen and oxygen atoms in total. The summed E-state index contributed by atoms with van der Waals surface area (Å²) in [6.07, 6.45) is 2.87. The highest BCUT2D eigenvalue weighted by atomic mass is 15.0. The summed E-state index contributed by atoms with van der Waals surface area (Å²) in [4.78, 5) is 9.56. The molecule has 0 unspecified atom stereocenters. The minimum absolute atomic E-state index is 0.821. The Bertz CT molecular complexity index is 602. The SMILES string of the molecule is CCc1nc(Cc2cccc(C)c2)nc2c1CCNC2. The molecular formula is C17H21N3. The van der Waals surface area contributed by atoms with Gasteiger partial charge in [-0.15, -0.1) is 0 Å². The fraction of sp³-hybridized carbons (Fsp3) is 0.412. The van der Waals surface area contributed by atoms with Gasteiger partial charge in [0.1, 0.15) is 5.82 Å². The molecule has 0 fully saturated rings. The van der Waals surface area contributed by atoms with Crippen LogP contribution in [0.15, 0.2) is 24.3 Å². The third-order valence-corrected chi connectivity index (χ3v) is 3.85. The molecule has 1 aliphatic rings. The number of aryl methyl sites for hydroxylation is 2. The van der Waals surface area contributed by atoms with Crippen LogP contribution in [0.4, 0.5) is 0 Å². The lowest BCUT2D eigenvalue weighted by molar-refractivity contribution is 0.610. The van der Waals surface area contributed by atoms with E-state index in [-0.39, 0.29) is 0 Å². The van der Waals surface area contributed by atoms with Crippen molar-refractivity contribution in [1.82, 2.24) is 15.3 Å². The maximum absolute atomic E-state index is 4.79. The molecule has 3 rings (SSSR count). The molecule has 2 heterocycles. The standard InChI is InChI=1S/C17H21N3/c1-3-15-14-7-8-18-11-16(14)20-17(19-15)10-13-6-4-5-12(2)9-13/h4-6,9,18H,3,7-8,10-11H2,1-2H3. The summed E-state index contributed by atoms with van der Waals surface area (Å²) in [6.45, 7) is 6.23. The molecule has 1 aromatic carbocycles. The van der Waals surface area contributed by atoms with Crippen molar-refractivity contribution >= 4 is 0 Å². The summed E-state index contributed by atoms with van der Waals surface area (Å²) in [5, 5.41) is 3.40. The zero-order chi connectivity index (χ0) is 13.9. The first-order chi connectivity index (χ1) is 9.76. The fourth-order valence-corrected chi connectivity index (χ4v) is 2.87. The molecule has 2 aromatic rings. The molecule has 1 aromatic heterocycles. The minimum atomic E-state index is 0.821. The van der Waals surface area contributed by atoms with E-state index in [4.69, 9.17) is 9.97 Å². The summed E-state index contributed by atoms with van der Waals surface area (Å²) < 4.78 is 0. The zero-order valence-electron chi connectivity index (χ0n) is 12.2. The van der Waals surface area contributed by atoms with Crippen molar-refractivity contribution in [3.05, 3.63) is 58.2 Å². The van der Waals surface area contributed by atoms with Crippen molar-refractivity contribution in [2.24, 2.45) is 0 Å². The van der Waals surface area contributed by atoms with Gasteiger partial charge in [0.15, 0.2) is 0 Å². The van der Waals surface area contributed by atoms with E-state index in [1.165, 1.54) is 28.1 Å². The Hall–Kier alpha value is -1.74. The maximum atomic E-state index is 4.79. The monoisotopic (exact) mass is 267 g/mol. The first-order valence-electron chi connectivity index (χ1n) is 7.40. The summed E-state index contributed by atoms with van der Waals surface area (Å²) in [7, 11) is 0. The predicted molar refractivity (Wildman–Crippen MR) is 80.8 cm³/mol. The number of nitrogens with one attached hydrogen (secondary N) is 1. The average Bonchev–Trinajstić information content (AvgIpc) is 2.46. The van der Waals surface area contributed by atoms with E-state index >= 15 is 0 Å². The van der Waals surface area contributed by atoms with E-state index in [9.17, 15) is 0 Å². The Morgan fingerprint density at radius 1 is 1.25 bits per heavy atom. The van der Waals surface area contributed by atoms with Crippen LogP contribution in [0.3, 0.4) is 0 Å². The van der Waals surface area contributed by atoms with Crippen LogP contribution in [0.1, 0.15) is 40.8 Å². The van der Waals surface area contributed by atoms with E-state index in [1.807, 2.05) is 0 Å². The topological polar surface area (TPSA) is 37.8 Å². The van der Waals surface area contributed by atoms with Crippen LogP contribution < -0.4 is 5.32 Å². The highest BCUT2D eigenvalue weighted by molar-refractivity contribution is 5.31. The van der Waals surface area contributed by atoms with Crippen molar-refractivity contribution in [2.75, 3.05) is 6.54 Å². The van der Waals surface area contributed by atoms with Crippen molar-refractivity contribution in [3.63, 3.8) is 0 Å². The quantitative estimate of drug-likeness (QED) is 0.929. The van der Waals surface area contributed by atoms with E-state index in [1.54, 1.807) is 0 Å². The Kier molecular flexibility index (Phi) is 3.79. The Morgan fingerprint density at radius 2 is 2.15 bits per heavy atom. The fourth-order valence-electron chi connectivity index (χ4n) is 2.87. The summed E-state index contributed by atoms with van der Waals surface area (Å²) >= 11 is 0. The number of hydrogen-bond acceptors (Lipinski definition) is 3. The molecule has 1 N–H and O–H groups in total. The Labute approximate surface area is 120 Å². The number of aromatic nitrogens is 2. The van der Waals surface area contributed by atoms with Gasteiger partial charge in [-0.2, -0.15) is 0 Å². The highest BCUT2D eigenvalue weighted by Gasteiger charge is 2.16. The maximum Gasteiger partial charge on any atom is 0.133 e. The minimum Gasteiger partial charge on any atom is -0.311 e. The second kappa shape index (κ2) is 5.71. The summed E-state index contributed by atoms with van der Waals surface area (Å²) in [5.41, 5.74) is 6.39. The van der Waals surface area contributed by atoms with Crippen LogP contribution in [-0.4, -0.2) is 16.5 Å². The number of benzene rings is 1. The lowest BCUT2D eigenvalue weighted by Gasteiger charge is -2.19. The average molecular weight is 267 g/mol. The lowest BCUT2D eigenvalue weighted by atomic mass is 10.0. The van der Waals surface area contributed by atoms with Crippen LogP contribution >= 0.6 is 0 Å². The van der Waals surface area contributed by atoms with Gasteiger partial charge in [0.2, 0.25) is 0 Å². The van der Waals surface area contributed by atoms with Crippen molar-refractivity contribution in [3.8, 4) is 0 Å². The molecule has 3 heteroatoms. The third-order valence-electron chi connectivity index (χ3n) is 3.85. The van der Waals surface area contributed by atoms with Gasteiger partial charge in [-0.05, 0) is 37.4 Å². The highest BCUT2D eigenvalue weighted by Crippen LogP contribution is 2.18. The molecule has 0 radical (unpaired) electrons. The zero-order valence-corrected chi connectivity index (χ0v) is 12.2. The van der Waals surface area contributed by atoms with Gasteiger partial charge in [-0.25, -0.2) is 9.97 Å². The third kappa shape index (κ3) is 2.73. The molecule has 0 saturated carbocycles. The molecule has 0 spiro atoms. The van der Waals surface area contributed by atoms with Crippen LogP contribution in [0.25, 0.3) is 0 Å². The van der Waals surface area contributed by atoms with E-state index in [2.05, 4.69) is 43.4 Å². The van der Waals surface area contributed by atoms with Crippen molar-refractivity contribution in [1.29, 1.82) is 0 Å². The molecule has 1 aliphatic heterocycles. The van der Waals surface area contributed by atoms with Gasteiger partial charge in [0.25, 0.3) is 0 Å².